The summed E-state index contributed by atoms with van der Waals surface area (Å²) in [5, 5.41) is 8.70. The minimum absolute atomic E-state index is 0.0192. The van der Waals surface area contributed by atoms with Gasteiger partial charge in [-0.25, -0.2) is 0 Å². The van der Waals surface area contributed by atoms with Gasteiger partial charge in [0.1, 0.15) is 0 Å². The maximum absolute atomic E-state index is 11.7. The lowest BCUT2D eigenvalue weighted by Crippen LogP contribution is -2.39. The summed E-state index contributed by atoms with van der Waals surface area (Å²) in [4.78, 5) is 15.2. The van der Waals surface area contributed by atoms with E-state index in [1.54, 1.807) is 29.0 Å². The van der Waals surface area contributed by atoms with Gasteiger partial charge in [-0.3, -0.25) is 9.69 Å². The Kier molecular flexibility index (Phi) is 7.58. The molecule has 1 amide bonds. The number of amides is 1. The number of carbonyl (C=O) groups is 1. The minimum Gasteiger partial charge on any atom is -0.395 e. The van der Waals surface area contributed by atoms with Gasteiger partial charge in [-0.2, -0.15) is 0 Å². The second-order valence-corrected chi connectivity index (χ2v) is 3.34. The number of rotatable bonds is 8. The molecule has 0 aliphatic rings. The van der Waals surface area contributed by atoms with Gasteiger partial charge in [0, 0.05) is 19.6 Å². The second-order valence-electron chi connectivity index (χ2n) is 3.34. The van der Waals surface area contributed by atoms with Crippen LogP contribution in [0.1, 0.15) is 0 Å². The van der Waals surface area contributed by atoms with Gasteiger partial charge >= 0.3 is 0 Å². The standard InChI is InChI=1S/C11H20N2O2/c1-4-6-13(7-5-2)11(15)10-12(3)8-9-14/h4-5,14H,1-2,6-10H2,3H3. The van der Waals surface area contributed by atoms with E-state index in [4.69, 9.17) is 5.11 Å². The number of carbonyl (C=O) groups excluding carboxylic acids is 1. The van der Waals surface area contributed by atoms with E-state index in [1.165, 1.54) is 0 Å². The fourth-order valence-corrected chi connectivity index (χ4v) is 1.17. The van der Waals surface area contributed by atoms with Gasteiger partial charge < -0.3 is 10.0 Å². The van der Waals surface area contributed by atoms with E-state index in [0.717, 1.165) is 0 Å². The molecule has 0 saturated carbocycles. The third-order valence-electron chi connectivity index (χ3n) is 1.94. The molecule has 0 aromatic rings. The highest BCUT2D eigenvalue weighted by atomic mass is 16.3. The monoisotopic (exact) mass is 212 g/mol. The molecule has 0 bridgehead atoms. The Morgan fingerprint density at radius 3 is 2.27 bits per heavy atom. The molecule has 4 heteroatoms. The van der Waals surface area contributed by atoms with Crippen LogP contribution in [-0.2, 0) is 4.79 Å². The lowest BCUT2D eigenvalue weighted by Gasteiger charge is -2.22. The number of hydrogen-bond donors (Lipinski definition) is 1. The summed E-state index contributed by atoms with van der Waals surface area (Å²) >= 11 is 0. The Hall–Kier alpha value is -1.13. The number of hydrogen-bond acceptors (Lipinski definition) is 3. The molecule has 15 heavy (non-hydrogen) atoms. The van der Waals surface area contributed by atoms with Crippen molar-refractivity contribution < 1.29 is 9.90 Å². The molecule has 0 saturated heterocycles. The Labute approximate surface area is 91.5 Å². The molecule has 0 aliphatic heterocycles. The van der Waals surface area contributed by atoms with E-state index in [1.807, 2.05) is 0 Å². The van der Waals surface area contributed by atoms with Crippen molar-refractivity contribution in [1.29, 1.82) is 0 Å². The summed E-state index contributed by atoms with van der Waals surface area (Å²) in [5.74, 6) is 0.0192. The lowest BCUT2D eigenvalue weighted by atomic mass is 10.4. The van der Waals surface area contributed by atoms with Crippen LogP contribution >= 0.6 is 0 Å². The smallest absolute Gasteiger partial charge is 0.237 e. The molecule has 0 unspecified atom stereocenters. The fraction of sp³-hybridized carbons (Fsp3) is 0.545. The zero-order valence-corrected chi connectivity index (χ0v) is 9.35. The molecule has 0 aromatic heterocycles. The van der Waals surface area contributed by atoms with Gasteiger partial charge in [-0.05, 0) is 7.05 Å². The van der Waals surface area contributed by atoms with Crippen LogP contribution in [0, 0.1) is 0 Å². The van der Waals surface area contributed by atoms with Crippen molar-refractivity contribution in [1.82, 2.24) is 9.80 Å². The van der Waals surface area contributed by atoms with E-state index in [2.05, 4.69) is 13.2 Å². The van der Waals surface area contributed by atoms with Crippen molar-refractivity contribution in [3.8, 4) is 0 Å². The topological polar surface area (TPSA) is 43.8 Å². The van der Waals surface area contributed by atoms with Crippen molar-refractivity contribution >= 4 is 5.91 Å². The van der Waals surface area contributed by atoms with Gasteiger partial charge in [0.25, 0.3) is 0 Å². The maximum atomic E-state index is 11.7. The molecule has 86 valence electrons. The van der Waals surface area contributed by atoms with Crippen molar-refractivity contribution in [2.45, 2.75) is 0 Å². The first kappa shape index (κ1) is 13.9. The molecule has 0 aliphatic carbocycles. The number of nitrogens with zero attached hydrogens (tertiary/aromatic N) is 2. The third kappa shape index (κ3) is 6.04. The molecule has 0 heterocycles. The van der Waals surface area contributed by atoms with Crippen LogP contribution in [0.3, 0.4) is 0 Å². The van der Waals surface area contributed by atoms with Gasteiger partial charge in [0.05, 0.1) is 13.2 Å². The number of aliphatic hydroxyl groups excluding tert-OH is 1. The molecule has 0 atom stereocenters. The lowest BCUT2D eigenvalue weighted by molar-refractivity contribution is -0.131. The molecular weight excluding hydrogens is 192 g/mol. The predicted octanol–water partition coefficient (Wildman–Crippen LogP) is 0.111. The minimum atomic E-state index is 0.0192. The fourth-order valence-electron chi connectivity index (χ4n) is 1.17. The summed E-state index contributed by atoms with van der Waals surface area (Å²) in [5.41, 5.74) is 0. The second kappa shape index (κ2) is 8.20. The summed E-state index contributed by atoms with van der Waals surface area (Å²) in [6.07, 6.45) is 3.38. The largest absolute Gasteiger partial charge is 0.395 e. The van der Waals surface area contributed by atoms with Gasteiger partial charge in [-0.15, -0.1) is 13.2 Å². The van der Waals surface area contributed by atoms with Crippen molar-refractivity contribution in [3.05, 3.63) is 25.3 Å². The van der Waals surface area contributed by atoms with Gasteiger partial charge in [-0.1, -0.05) is 12.2 Å². The zero-order chi connectivity index (χ0) is 11.7. The van der Waals surface area contributed by atoms with Crippen molar-refractivity contribution in [2.75, 3.05) is 39.8 Å². The predicted molar refractivity (Wildman–Crippen MR) is 61.6 cm³/mol. The average Bonchev–Trinajstić information content (AvgIpc) is 2.17. The summed E-state index contributed by atoms with van der Waals surface area (Å²) in [6.45, 7) is 9.12. The quantitative estimate of drug-likeness (QED) is 0.581. The molecule has 0 aromatic carbocycles. The summed E-state index contributed by atoms with van der Waals surface area (Å²) < 4.78 is 0. The molecule has 0 radical (unpaired) electrons. The van der Waals surface area contributed by atoms with Crippen LogP contribution in [0.2, 0.25) is 0 Å². The van der Waals surface area contributed by atoms with Crippen molar-refractivity contribution in [2.24, 2.45) is 0 Å². The SMILES string of the molecule is C=CCN(CC=C)C(=O)CN(C)CCO. The van der Waals surface area contributed by atoms with E-state index < -0.39 is 0 Å². The van der Waals surface area contributed by atoms with Crippen molar-refractivity contribution in [3.63, 3.8) is 0 Å². The Bertz CT molecular complexity index is 207. The highest BCUT2D eigenvalue weighted by molar-refractivity contribution is 5.78. The van der Waals surface area contributed by atoms with Gasteiger partial charge in [0.2, 0.25) is 5.91 Å². The molecule has 4 nitrogen and oxygen atoms in total. The van der Waals surface area contributed by atoms with Crippen LogP contribution in [0.25, 0.3) is 0 Å². The van der Waals surface area contributed by atoms with E-state index in [-0.39, 0.29) is 12.5 Å². The van der Waals surface area contributed by atoms with Crippen LogP contribution in [0.5, 0.6) is 0 Å². The van der Waals surface area contributed by atoms with E-state index in [0.29, 0.717) is 26.2 Å². The first-order chi connectivity index (χ1) is 7.15. The first-order valence-corrected chi connectivity index (χ1v) is 4.94. The number of aliphatic hydroxyl groups is 1. The Morgan fingerprint density at radius 2 is 1.87 bits per heavy atom. The maximum Gasteiger partial charge on any atom is 0.237 e. The molecule has 0 spiro atoms. The van der Waals surface area contributed by atoms with Crippen LogP contribution in [-0.4, -0.2) is 60.6 Å². The third-order valence-corrected chi connectivity index (χ3v) is 1.94. The van der Waals surface area contributed by atoms with Crippen LogP contribution in [0.15, 0.2) is 25.3 Å². The van der Waals surface area contributed by atoms with Gasteiger partial charge in [0.15, 0.2) is 0 Å². The Balaban J connectivity index is 4.11. The summed E-state index contributed by atoms with van der Waals surface area (Å²) in [7, 11) is 1.80. The van der Waals surface area contributed by atoms with Crippen LogP contribution < -0.4 is 0 Å². The normalized spacial score (nSPS) is 10.1. The summed E-state index contributed by atoms with van der Waals surface area (Å²) in [6, 6.07) is 0. The number of likely N-dealkylation sites (N-methyl/N-ethyl adjacent to an activating group) is 1. The zero-order valence-electron chi connectivity index (χ0n) is 9.35. The molecule has 0 fully saturated rings. The van der Waals surface area contributed by atoms with Crippen LogP contribution in [0.4, 0.5) is 0 Å². The van der Waals surface area contributed by atoms with E-state index in [9.17, 15) is 4.79 Å². The molecule has 0 rings (SSSR count). The average molecular weight is 212 g/mol. The Morgan fingerprint density at radius 1 is 1.33 bits per heavy atom. The first-order valence-electron chi connectivity index (χ1n) is 4.94. The highest BCUT2D eigenvalue weighted by Gasteiger charge is 2.12. The van der Waals surface area contributed by atoms with E-state index >= 15 is 0 Å². The molecular formula is C11H20N2O2. The molecule has 1 N–H and O–H groups in total. The highest BCUT2D eigenvalue weighted by Crippen LogP contribution is 1.93.